The van der Waals surface area contributed by atoms with Gasteiger partial charge in [-0.3, -0.25) is 14.7 Å². The molecule has 0 spiro atoms. The summed E-state index contributed by atoms with van der Waals surface area (Å²) in [6.45, 7) is 2.85. The minimum absolute atomic E-state index is 0.260. The van der Waals surface area contributed by atoms with Crippen LogP contribution in [0.4, 0.5) is 0 Å². The van der Waals surface area contributed by atoms with Crippen molar-refractivity contribution in [2.45, 2.75) is 19.0 Å². The van der Waals surface area contributed by atoms with Gasteiger partial charge in [-0.2, -0.15) is 0 Å². The normalized spacial score (nSPS) is 24.9. The molecule has 6 nitrogen and oxygen atoms in total. The molecule has 2 aliphatic heterocycles. The third-order valence-corrected chi connectivity index (χ3v) is 3.28. The van der Waals surface area contributed by atoms with Crippen LogP contribution in [0.3, 0.4) is 0 Å². The van der Waals surface area contributed by atoms with Gasteiger partial charge in [0, 0.05) is 31.2 Å². The van der Waals surface area contributed by atoms with Crippen LogP contribution in [0.5, 0.6) is 0 Å². The second-order valence-corrected chi connectivity index (χ2v) is 4.27. The summed E-state index contributed by atoms with van der Waals surface area (Å²) in [5.41, 5.74) is 0.774. The van der Waals surface area contributed by atoms with Crippen LogP contribution in [0.15, 0.2) is 9.59 Å². The van der Waals surface area contributed by atoms with Crippen LogP contribution in [0.25, 0.3) is 0 Å². The third kappa shape index (κ3) is 1.50. The number of aromatic amines is 2. The summed E-state index contributed by atoms with van der Waals surface area (Å²) in [7, 11) is 0. The van der Waals surface area contributed by atoms with Gasteiger partial charge in [-0.1, -0.05) is 0 Å². The number of fused-ring (bicyclic) bond motifs is 2. The quantitative estimate of drug-likeness (QED) is 0.580. The van der Waals surface area contributed by atoms with Crippen molar-refractivity contribution >= 4 is 0 Å². The van der Waals surface area contributed by atoms with E-state index in [2.05, 4.69) is 14.9 Å². The first-order valence-corrected chi connectivity index (χ1v) is 5.40. The molecule has 16 heavy (non-hydrogen) atoms. The molecule has 1 atom stereocenters. The standard InChI is InChI=1S/C10H13N3O3/c14-9-7-4-13-1-2-16-5-6(13)3-8(7)11-10(15)12-9/h6H,1-5H2,(H2,11,12,14,15). The average molecular weight is 223 g/mol. The van der Waals surface area contributed by atoms with Crippen molar-refractivity contribution in [2.24, 2.45) is 0 Å². The molecule has 0 amide bonds. The Hall–Kier alpha value is -1.40. The van der Waals surface area contributed by atoms with Gasteiger partial charge in [-0.05, 0) is 0 Å². The highest BCUT2D eigenvalue weighted by Crippen LogP contribution is 2.20. The zero-order valence-corrected chi connectivity index (χ0v) is 8.78. The van der Waals surface area contributed by atoms with Crippen LogP contribution in [0, 0.1) is 0 Å². The van der Waals surface area contributed by atoms with E-state index in [0.29, 0.717) is 37.8 Å². The number of hydrogen-bond donors (Lipinski definition) is 2. The van der Waals surface area contributed by atoms with Crippen LogP contribution in [0.2, 0.25) is 0 Å². The number of morpholine rings is 1. The van der Waals surface area contributed by atoms with Crippen LogP contribution >= 0.6 is 0 Å². The molecule has 0 aliphatic carbocycles. The van der Waals surface area contributed by atoms with Crippen molar-refractivity contribution in [1.82, 2.24) is 14.9 Å². The molecule has 0 radical (unpaired) electrons. The maximum Gasteiger partial charge on any atom is 0.325 e. The molecule has 1 saturated heterocycles. The first-order valence-electron chi connectivity index (χ1n) is 5.40. The first-order chi connectivity index (χ1) is 7.74. The fourth-order valence-corrected chi connectivity index (χ4v) is 2.42. The molecule has 2 aliphatic rings. The molecule has 0 saturated carbocycles. The monoisotopic (exact) mass is 223 g/mol. The summed E-state index contributed by atoms with van der Waals surface area (Å²) < 4.78 is 5.39. The summed E-state index contributed by atoms with van der Waals surface area (Å²) in [5.74, 6) is 0. The number of ether oxygens (including phenoxy) is 1. The lowest BCUT2D eigenvalue weighted by Gasteiger charge is -2.38. The molecule has 1 aromatic heterocycles. The van der Waals surface area contributed by atoms with E-state index in [0.717, 1.165) is 12.2 Å². The molecule has 1 fully saturated rings. The van der Waals surface area contributed by atoms with Crippen molar-refractivity contribution in [1.29, 1.82) is 0 Å². The number of aromatic nitrogens is 2. The number of nitrogens with zero attached hydrogens (tertiary/aromatic N) is 1. The third-order valence-electron chi connectivity index (χ3n) is 3.28. The Morgan fingerprint density at radius 1 is 1.31 bits per heavy atom. The zero-order valence-electron chi connectivity index (χ0n) is 8.78. The second-order valence-electron chi connectivity index (χ2n) is 4.27. The lowest BCUT2D eigenvalue weighted by molar-refractivity contribution is -0.0173. The van der Waals surface area contributed by atoms with E-state index in [1.807, 2.05) is 0 Å². The Balaban J connectivity index is 2.04. The molecular weight excluding hydrogens is 210 g/mol. The molecule has 1 aromatic rings. The van der Waals surface area contributed by atoms with Crippen molar-refractivity contribution in [2.75, 3.05) is 19.8 Å². The number of nitrogens with one attached hydrogen (secondary N) is 2. The number of H-pyrrole nitrogens is 2. The molecule has 3 heterocycles. The Kier molecular flexibility index (Phi) is 2.19. The maximum atomic E-state index is 11.6. The molecule has 0 bridgehead atoms. The molecule has 6 heteroatoms. The van der Waals surface area contributed by atoms with Gasteiger partial charge in [0.25, 0.3) is 5.56 Å². The minimum atomic E-state index is -0.422. The van der Waals surface area contributed by atoms with Crippen molar-refractivity contribution < 1.29 is 4.74 Å². The maximum absolute atomic E-state index is 11.6. The highest BCUT2D eigenvalue weighted by molar-refractivity contribution is 5.20. The van der Waals surface area contributed by atoms with E-state index in [9.17, 15) is 9.59 Å². The molecule has 86 valence electrons. The van der Waals surface area contributed by atoms with Crippen molar-refractivity contribution in [3.05, 3.63) is 32.1 Å². The van der Waals surface area contributed by atoms with E-state index >= 15 is 0 Å². The van der Waals surface area contributed by atoms with Gasteiger partial charge >= 0.3 is 5.69 Å². The van der Waals surface area contributed by atoms with Crippen LogP contribution in [-0.4, -0.2) is 40.7 Å². The van der Waals surface area contributed by atoms with Gasteiger partial charge < -0.3 is 9.72 Å². The van der Waals surface area contributed by atoms with Gasteiger partial charge in [0.05, 0.1) is 18.8 Å². The lowest BCUT2D eigenvalue weighted by atomic mass is 9.99. The average Bonchev–Trinajstić information content (AvgIpc) is 2.27. The summed E-state index contributed by atoms with van der Waals surface area (Å²) >= 11 is 0. The largest absolute Gasteiger partial charge is 0.378 e. The SMILES string of the molecule is O=c1[nH]c2c(c(=O)[nH]1)CN1CCOCC1C2. The van der Waals surface area contributed by atoms with Gasteiger partial charge in [0.15, 0.2) is 0 Å². The van der Waals surface area contributed by atoms with E-state index in [1.54, 1.807) is 0 Å². The highest BCUT2D eigenvalue weighted by Gasteiger charge is 2.30. The topological polar surface area (TPSA) is 78.2 Å². The Bertz CT molecular complexity index is 519. The summed E-state index contributed by atoms with van der Waals surface area (Å²) in [6, 6.07) is 0.290. The lowest BCUT2D eigenvalue weighted by Crippen LogP contribution is -2.51. The van der Waals surface area contributed by atoms with Gasteiger partial charge in [0.1, 0.15) is 0 Å². The smallest absolute Gasteiger partial charge is 0.325 e. The summed E-state index contributed by atoms with van der Waals surface area (Å²) in [6.07, 6.45) is 0.689. The number of rotatable bonds is 0. The predicted molar refractivity (Wildman–Crippen MR) is 56.4 cm³/mol. The Morgan fingerprint density at radius 3 is 3.06 bits per heavy atom. The Morgan fingerprint density at radius 2 is 2.19 bits per heavy atom. The molecule has 2 N–H and O–H groups in total. The van der Waals surface area contributed by atoms with Crippen molar-refractivity contribution in [3.8, 4) is 0 Å². The van der Waals surface area contributed by atoms with E-state index in [4.69, 9.17) is 4.74 Å². The zero-order chi connectivity index (χ0) is 11.1. The minimum Gasteiger partial charge on any atom is -0.378 e. The van der Waals surface area contributed by atoms with Gasteiger partial charge in [-0.15, -0.1) is 0 Å². The van der Waals surface area contributed by atoms with E-state index in [1.165, 1.54) is 0 Å². The molecular formula is C10H13N3O3. The molecule has 1 unspecified atom stereocenters. The van der Waals surface area contributed by atoms with Crippen LogP contribution in [0.1, 0.15) is 11.3 Å². The fraction of sp³-hybridized carbons (Fsp3) is 0.600. The predicted octanol–water partition coefficient (Wildman–Crippen LogP) is -1.18. The molecule has 0 aromatic carbocycles. The Labute approximate surface area is 91.2 Å². The van der Waals surface area contributed by atoms with Gasteiger partial charge in [-0.25, -0.2) is 4.79 Å². The van der Waals surface area contributed by atoms with E-state index in [-0.39, 0.29) is 5.56 Å². The van der Waals surface area contributed by atoms with Gasteiger partial charge in [0.2, 0.25) is 0 Å². The number of hydrogen-bond acceptors (Lipinski definition) is 4. The second kappa shape index (κ2) is 3.57. The summed E-state index contributed by atoms with van der Waals surface area (Å²) in [5, 5.41) is 0. The van der Waals surface area contributed by atoms with Crippen molar-refractivity contribution in [3.63, 3.8) is 0 Å². The highest BCUT2D eigenvalue weighted by atomic mass is 16.5. The van der Waals surface area contributed by atoms with E-state index < -0.39 is 5.69 Å². The fourth-order valence-electron chi connectivity index (χ4n) is 2.42. The van der Waals surface area contributed by atoms with Crippen LogP contribution < -0.4 is 11.2 Å². The first kappa shape index (κ1) is 9.80. The van der Waals surface area contributed by atoms with Crippen LogP contribution in [-0.2, 0) is 17.7 Å². The summed E-state index contributed by atoms with van der Waals surface area (Å²) in [4.78, 5) is 30.0. The molecule has 3 rings (SSSR count).